The summed E-state index contributed by atoms with van der Waals surface area (Å²) in [6.45, 7) is 0. The number of H-pyrrole nitrogens is 2. The van der Waals surface area contributed by atoms with E-state index in [4.69, 9.17) is 0 Å². The minimum Gasteiger partial charge on any atom is -0.307 e. The Kier molecular flexibility index (Phi) is 3.20. The van der Waals surface area contributed by atoms with E-state index < -0.39 is 37.9 Å². The van der Waals surface area contributed by atoms with Crippen molar-refractivity contribution < 1.29 is 21.6 Å². The Morgan fingerprint density at radius 2 is 1.78 bits per heavy atom. The number of rotatable bonds is 3. The van der Waals surface area contributed by atoms with Crippen LogP contribution in [0.4, 0.5) is 13.2 Å². The van der Waals surface area contributed by atoms with Crippen LogP contribution in [0, 0.1) is 0 Å². The van der Waals surface area contributed by atoms with Gasteiger partial charge in [0, 0.05) is 0 Å². The number of aromatic amines is 2. The Hall–Kier alpha value is -2.14. The van der Waals surface area contributed by atoms with Gasteiger partial charge in [0.25, 0.3) is 5.56 Å². The molecule has 1 aliphatic rings. The Labute approximate surface area is 126 Å². The predicted octanol–water partition coefficient (Wildman–Crippen LogP) is 0.590. The highest BCUT2D eigenvalue weighted by Crippen LogP contribution is 2.49. The molecule has 1 saturated carbocycles. The number of benzene rings is 1. The van der Waals surface area contributed by atoms with Gasteiger partial charge in [-0.05, 0) is 31.0 Å². The largest absolute Gasteiger partial charge is 0.407 e. The van der Waals surface area contributed by atoms with Gasteiger partial charge < -0.3 is 4.98 Å². The zero-order valence-corrected chi connectivity index (χ0v) is 12.1. The van der Waals surface area contributed by atoms with Gasteiger partial charge >= 0.3 is 11.9 Å². The fourth-order valence-corrected chi connectivity index (χ4v) is 3.67. The van der Waals surface area contributed by atoms with E-state index in [1.807, 2.05) is 4.98 Å². The molecule has 11 heteroatoms. The second-order valence-corrected chi connectivity index (χ2v) is 6.98. The lowest BCUT2D eigenvalue weighted by Gasteiger charge is -2.20. The van der Waals surface area contributed by atoms with E-state index >= 15 is 0 Å². The fraction of sp³-hybridized carbons (Fsp3) is 0.333. The van der Waals surface area contributed by atoms with Crippen molar-refractivity contribution >= 4 is 20.9 Å². The molecule has 0 aliphatic heterocycles. The van der Waals surface area contributed by atoms with Gasteiger partial charge in [0.2, 0.25) is 10.0 Å². The second-order valence-electron chi connectivity index (χ2n) is 5.30. The molecule has 0 saturated heterocycles. The third-order valence-corrected chi connectivity index (χ3v) is 5.18. The predicted molar refractivity (Wildman–Crippen MR) is 73.5 cm³/mol. The average Bonchev–Trinajstić information content (AvgIpc) is 3.17. The summed E-state index contributed by atoms with van der Waals surface area (Å²) in [6, 6.07) is 3.08. The van der Waals surface area contributed by atoms with Crippen LogP contribution in [-0.2, 0) is 10.0 Å². The van der Waals surface area contributed by atoms with Crippen molar-refractivity contribution in [1.29, 1.82) is 0 Å². The van der Waals surface area contributed by atoms with Crippen LogP contribution in [0.5, 0.6) is 0 Å². The van der Waals surface area contributed by atoms with Crippen LogP contribution in [0.15, 0.2) is 32.7 Å². The van der Waals surface area contributed by atoms with Crippen molar-refractivity contribution in [3.05, 3.63) is 39.0 Å². The fourth-order valence-electron chi connectivity index (χ4n) is 2.20. The van der Waals surface area contributed by atoms with Crippen molar-refractivity contribution in [2.45, 2.75) is 29.5 Å². The molecule has 1 heterocycles. The molecule has 1 fully saturated rings. The number of sulfonamides is 1. The summed E-state index contributed by atoms with van der Waals surface area (Å²) in [7, 11) is -4.47. The minimum absolute atomic E-state index is 0.0784. The lowest BCUT2D eigenvalue weighted by molar-refractivity contribution is -0.160. The maximum atomic E-state index is 12.9. The van der Waals surface area contributed by atoms with E-state index in [-0.39, 0.29) is 23.7 Å². The molecule has 23 heavy (non-hydrogen) atoms. The Balaban J connectivity index is 2.06. The molecule has 0 radical (unpaired) electrons. The molecule has 0 unspecified atom stereocenters. The number of fused-ring (bicyclic) bond motifs is 1. The summed E-state index contributed by atoms with van der Waals surface area (Å²) in [6.07, 6.45) is -5.37. The molecule has 0 spiro atoms. The van der Waals surface area contributed by atoms with Crippen LogP contribution in [0.3, 0.4) is 0 Å². The van der Waals surface area contributed by atoms with Gasteiger partial charge in [-0.1, -0.05) is 0 Å². The standard InChI is InChI=1S/C12H10F3N3O4S/c13-12(14,15)11(3-4-11)18-23(21,22)6-1-2-8-7(5-6)9(19)17-10(20)16-8/h1-2,5,18H,3-4H2,(H2,16,17,19,20). The summed E-state index contributed by atoms with van der Waals surface area (Å²) >= 11 is 0. The summed E-state index contributed by atoms with van der Waals surface area (Å²) in [4.78, 5) is 26.5. The first-order chi connectivity index (χ1) is 10.5. The third-order valence-electron chi connectivity index (χ3n) is 3.64. The first-order valence-corrected chi connectivity index (χ1v) is 7.90. The first-order valence-electron chi connectivity index (χ1n) is 6.41. The van der Waals surface area contributed by atoms with Crippen molar-refractivity contribution in [2.75, 3.05) is 0 Å². The summed E-state index contributed by atoms with van der Waals surface area (Å²) < 4.78 is 64.6. The quantitative estimate of drug-likeness (QED) is 0.753. The van der Waals surface area contributed by atoms with Crippen LogP contribution in [0.25, 0.3) is 10.9 Å². The SMILES string of the molecule is O=c1[nH]c(=O)c2cc(S(=O)(=O)NC3(C(F)(F)F)CC3)ccc2[nH]1. The van der Waals surface area contributed by atoms with Gasteiger partial charge in [-0.2, -0.15) is 17.9 Å². The molecule has 1 aliphatic carbocycles. The van der Waals surface area contributed by atoms with Gasteiger partial charge in [0.05, 0.1) is 15.8 Å². The Morgan fingerprint density at radius 3 is 2.35 bits per heavy atom. The molecule has 1 aromatic heterocycles. The van der Waals surface area contributed by atoms with Gasteiger partial charge in [-0.3, -0.25) is 9.78 Å². The molecule has 2 aromatic rings. The minimum atomic E-state index is -4.69. The van der Waals surface area contributed by atoms with Gasteiger partial charge in [0.1, 0.15) is 5.54 Å². The first kappa shape index (κ1) is 15.7. The molecule has 3 N–H and O–H groups in total. The molecule has 0 amide bonds. The molecular weight excluding hydrogens is 339 g/mol. The van der Waals surface area contributed by atoms with Gasteiger partial charge in [0.15, 0.2) is 0 Å². The van der Waals surface area contributed by atoms with E-state index in [1.165, 1.54) is 0 Å². The zero-order chi connectivity index (χ0) is 17.0. The van der Waals surface area contributed by atoms with Gasteiger partial charge in [-0.25, -0.2) is 13.2 Å². The smallest absolute Gasteiger partial charge is 0.307 e. The molecule has 0 atom stereocenters. The lowest BCUT2D eigenvalue weighted by atomic mass is 10.2. The van der Waals surface area contributed by atoms with E-state index in [0.717, 1.165) is 18.2 Å². The highest BCUT2D eigenvalue weighted by Gasteiger charge is 2.65. The molecular formula is C12H10F3N3O4S. The van der Waals surface area contributed by atoms with Crippen molar-refractivity contribution in [2.24, 2.45) is 0 Å². The zero-order valence-electron chi connectivity index (χ0n) is 11.3. The highest BCUT2D eigenvalue weighted by atomic mass is 32.2. The van der Waals surface area contributed by atoms with Crippen molar-refractivity contribution in [1.82, 2.24) is 14.7 Å². The van der Waals surface area contributed by atoms with Crippen LogP contribution >= 0.6 is 0 Å². The van der Waals surface area contributed by atoms with Crippen LogP contribution in [0.2, 0.25) is 0 Å². The van der Waals surface area contributed by atoms with E-state index in [0.29, 0.717) is 0 Å². The second kappa shape index (κ2) is 4.68. The molecule has 7 nitrogen and oxygen atoms in total. The third kappa shape index (κ3) is 2.65. The number of nitrogens with one attached hydrogen (secondary N) is 3. The van der Waals surface area contributed by atoms with Crippen molar-refractivity contribution in [3.63, 3.8) is 0 Å². The van der Waals surface area contributed by atoms with Crippen LogP contribution in [-0.4, -0.2) is 30.1 Å². The number of halogens is 3. The molecule has 124 valence electrons. The summed E-state index contributed by atoms with van der Waals surface area (Å²) in [5, 5.41) is -0.149. The summed E-state index contributed by atoms with van der Waals surface area (Å²) in [5.41, 5.74) is -3.98. The number of alkyl halides is 3. The van der Waals surface area contributed by atoms with E-state index in [1.54, 1.807) is 4.72 Å². The molecule has 0 bridgehead atoms. The van der Waals surface area contributed by atoms with E-state index in [2.05, 4.69) is 4.98 Å². The lowest BCUT2D eigenvalue weighted by Crippen LogP contribution is -2.47. The Morgan fingerprint density at radius 1 is 1.13 bits per heavy atom. The van der Waals surface area contributed by atoms with Gasteiger partial charge in [-0.15, -0.1) is 0 Å². The number of aromatic nitrogens is 2. The average molecular weight is 349 g/mol. The maximum Gasteiger partial charge on any atom is 0.407 e. The maximum absolute atomic E-state index is 12.9. The topological polar surface area (TPSA) is 112 Å². The van der Waals surface area contributed by atoms with Crippen molar-refractivity contribution in [3.8, 4) is 0 Å². The number of hydrogen-bond donors (Lipinski definition) is 3. The number of hydrogen-bond acceptors (Lipinski definition) is 4. The van der Waals surface area contributed by atoms with E-state index in [9.17, 15) is 31.2 Å². The van der Waals surface area contributed by atoms with Crippen LogP contribution in [0.1, 0.15) is 12.8 Å². The highest BCUT2D eigenvalue weighted by molar-refractivity contribution is 7.89. The Bertz CT molecular complexity index is 1000. The normalized spacial score (nSPS) is 17.3. The molecule has 3 rings (SSSR count). The summed E-state index contributed by atoms with van der Waals surface area (Å²) in [5.74, 6) is 0. The molecule has 1 aromatic carbocycles. The monoisotopic (exact) mass is 349 g/mol. The van der Waals surface area contributed by atoms with Crippen LogP contribution < -0.4 is 16.0 Å².